The number of halogens is 3. The summed E-state index contributed by atoms with van der Waals surface area (Å²) in [6.07, 6.45) is 0.153. The minimum absolute atomic E-state index is 0.0314. The van der Waals surface area contributed by atoms with Gasteiger partial charge in [0, 0.05) is 24.5 Å². The number of nitrogens with zero attached hydrogens (tertiary/aromatic N) is 5. The number of rotatable bonds is 7. The highest BCUT2D eigenvalue weighted by Gasteiger charge is 2.33. The van der Waals surface area contributed by atoms with Crippen LogP contribution in [0, 0.1) is 0 Å². The summed E-state index contributed by atoms with van der Waals surface area (Å²) in [6, 6.07) is 8.34. The second-order valence-electron chi connectivity index (χ2n) is 6.61. The van der Waals surface area contributed by atoms with Crippen LogP contribution in [-0.4, -0.2) is 49.9 Å². The average Bonchev–Trinajstić information content (AvgIpc) is 2.78. The lowest BCUT2D eigenvalue weighted by Gasteiger charge is -2.28. The van der Waals surface area contributed by atoms with E-state index in [1.165, 1.54) is 0 Å². The molecule has 3 rings (SSSR count). The number of amides is 1. The number of hydrogen-bond donors (Lipinski definition) is 0. The minimum atomic E-state index is -4.57. The van der Waals surface area contributed by atoms with Crippen molar-refractivity contribution in [2.24, 2.45) is 0 Å². The van der Waals surface area contributed by atoms with Crippen LogP contribution in [0.25, 0.3) is 11.4 Å². The second kappa shape index (κ2) is 9.50. The Morgan fingerprint density at radius 1 is 1.06 bits per heavy atom. The Hall–Kier alpha value is -3.56. The Labute approximate surface area is 177 Å². The fourth-order valence-electron chi connectivity index (χ4n) is 2.95. The van der Waals surface area contributed by atoms with Crippen molar-refractivity contribution in [3.8, 4) is 17.3 Å². The van der Waals surface area contributed by atoms with E-state index < -0.39 is 11.9 Å². The fourth-order valence-corrected chi connectivity index (χ4v) is 2.95. The summed E-state index contributed by atoms with van der Waals surface area (Å²) in [6.45, 7) is 4.03. The third-order valence-corrected chi connectivity index (χ3v) is 4.49. The van der Waals surface area contributed by atoms with Crippen molar-refractivity contribution in [2.75, 3.05) is 13.2 Å². The van der Waals surface area contributed by atoms with Crippen LogP contribution < -0.4 is 4.74 Å². The topological polar surface area (TPSA) is 81.1 Å². The fraction of sp³-hybridized carbons (Fsp3) is 0.286. The summed E-state index contributed by atoms with van der Waals surface area (Å²) in [5.74, 6) is 0.146. The molecule has 0 fully saturated rings. The number of carbonyl (C=O) groups is 1. The van der Waals surface area contributed by atoms with Gasteiger partial charge >= 0.3 is 6.18 Å². The number of hydrogen-bond acceptors (Lipinski definition) is 6. The molecule has 2 heterocycles. The first-order chi connectivity index (χ1) is 14.8. The van der Waals surface area contributed by atoms with E-state index in [-0.39, 0.29) is 24.4 Å². The smallest absolute Gasteiger partial charge is 0.434 e. The second-order valence-corrected chi connectivity index (χ2v) is 6.61. The van der Waals surface area contributed by atoms with Gasteiger partial charge in [0.25, 0.3) is 5.91 Å². The lowest BCUT2D eigenvalue weighted by atomic mass is 10.0. The number of alkyl halides is 3. The van der Waals surface area contributed by atoms with Crippen molar-refractivity contribution >= 4 is 5.91 Å². The van der Waals surface area contributed by atoms with Gasteiger partial charge in [0.2, 0.25) is 5.88 Å². The zero-order valence-electron chi connectivity index (χ0n) is 16.9. The SMILES string of the molecule is CCN(C(=O)c1ccccc1-c1ncccn1)[C@@H](C)COc1cnc(C(F)(F)F)cn1. The molecule has 1 amide bonds. The molecule has 162 valence electrons. The van der Waals surface area contributed by atoms with Crippen LogP contribution in [0.5, 0.6) is 5.88 Å². The average molecular weight is 431 g/mol. The van der Waals surface area contributed by atoms with E-state index in [0.29, 0.717) is 29.7 Å². The van der Waals surface area contributed by atoms with Gasteiger partial charge in [-0.25, -0.2) is 19.9 Å². The molecule has 0 aliphatic heterocycles. The molecule has 0 aliphatic rings. The van der Waals surface area contributed by atoms with Gasteiger partial charge in [-0.3, -0.25) is 4.79 Å². The third kappa shape index (κ3) is 5.33. The Morgan fingerprint density at radius 2 is 1.77 bits per heavy atom. The van der Waals surface area contributed by atoms with E-state index >= 15 is 0 Å². The molecule has 0 saturated heterocycles. The molecule has 0 bridgehead atoms. The Kier molecular flexibility index (Phi) is 6.78. The molecule has 1 atom stereocenters. The molecule has 10 heteroatoms. The van der Waals surface area contributed by atoms with Crippen LogP contribution >= 0.6 is 0 Å². The first-order valence-electron chi connectivity index (χ1n) is 9.50. The maximum atomic E-state index is 13.2. The molecular weight excluding hydrogens is 411 g/mol. The van der Waals surface area contributed by atoms with Crippen molar-refractivity contribution in [2.45, 2.75) is 26.1 Å². The predicted molar refractivity (Wildman–Crippen MR) is 106 cm³/mol. The molecule has 0 radical (unpaired) electrons. The summed E-state index contributed by atoms with van der Waals surface area (Å²) in [4.78, 5) is 30.2. The molecule has 2 aromatic heterocycles. The largest absolute Gasteiger partial charge is 0.474 e. The molecule has 0 saturated carbocycles. The predicted octanol–water partition coefficient (Wildman–Crippen LogP) is 3.88. The maximum absolute atomic E-state index is 13.2. The normalized spacial score (nSPS) is 12.3. The highest BCUT2D eigenvalue weighted by molar-refractivity contribution is 6.00. The first-order valence-corrected chi connectivity index (χ1v) is 9.50. The number of likely N-dealkylation sites (N-methyl/N-ethyl adjacent to an activating group) is 1. The van der Waals surface area contributed by atoms with Gasteiger partial charge in [-0.05, 0) is 26.0 Å². The lowest BCUT2D eigenvalue weighted by Crippen LogP contribution is -2.42. The first kappa shape index (κ1) is 22.1. The highest BCUT2D eigenvalue weighted by Crippen LogP contribution is 2.27. The van der Waals surface area contributed by atoms with Crippen molar-refractivity contribution in [3.05, 3.63) is 66.4 Å². The quantitative estimate of drug-likeness (QED) is 0.565. The molecule has 0 aliphatic carbocycles. The van der Waals surface area contributed by atoms with E-state index in [1.54, 1.807) is 54.5 Å². The minimum Gasteiger partial charge on any atom is -0.474 e. The maximum Gasteiger partial charge on any atom is 0.434 e. The van der Waals surface area contributed by atoms with Gasteiger partial charge in [0.1, 0.15) is 6.61 Å². The standard InChI is InChI=1S/C21H20F3N5O2/c1-3-29(14(2)13-31-18-12-27-17(11-28-18)21(22,23)24)20(30)16-8-5-4-7-15(16)19-25-9-6-10-26-19/h4-12,14H,3,13H2,1-2H3/t14-/m0/s1. The Bertz CT molecular complexity index is 1010. The van der Waals surface area contributed by atoms with Crippen molar-refractivity contribution in [1.82, 2.24) is 24.8 Å². The zero-order chi connectivity index (χ0) is 22.4. The Morgan fingerprint density at radius 3 is 2.39 bits per heavy atom. The Balaban J connectivity index is 1.73. The number of benzene rings is 1. The van der Waals surface area contributed by atoms with Gasteiger partial charge in [-0.15, -0.1) is 0 Å². The van der Waals surface area contributed by atoms with Crippen LogP contribution in [-0.2, 0) is 6.18 Å². The van der Waals surface area contributed by atoms with Crippen LogP contribution in [0.15, 0.2) is 55.1 Å². The monoisotopic (exact) mass is 431 g/mol. The van der Waals surface area contributed by atoms with Gasteiger partial charge in [0.15, 0.2) is 11.5 Å². The summed E-state index contributed by atoms with van der Waals surface area (Å²) >= 11 is 0. The number of carbonyl (C=O) groups excluding carboxylic acids is 1. The van der Waals surface area contributed by atoms with Crippen LogP contribution in [0.4, 0.5) is 13.2 Å². The van der Waals surface area contributed by atoms with E-state index in [4.69, 9.17) is 4.74 Å². The van der Waals surface area contributed by atoms with Gasteiger partial charge < -0.3 is 9.64 Å². The van der Waals surface area contributed by atoms with E-state index in [0.717, 1.165) is 6.20 Å². The molecule has 1 aromatic carbocycles. The summed E-state index contributed by atoms with van der Waals surface area (Å²) in [5, 5.41) is 0. The lowest BCUT2D eigenvalue weighted by molar-refractivity contribution is -0.141. The number of aromatic nitrogens is 4. The van der Waals surface area contributed by atoms with E-state index in [1.807, 2.05) is 6.92 Å². The third-order valence-electron chi connectivity index (χ3n) is 4.49. The summed E-state index contributed by atoms with van der Waals surface area (Å²) in [7, 11) is 0. The summed E-state index contributed by atoms with van der Waals surface area (Å²) in [5.41, 5.74) is -0.0528. The highest BCUT2D eigenvalue weighted by atomic mass is 19.4. The molecule has 0 spiro atoms. The number of ether oxygens (including phenoxy) is 1. The van der Waals surface area contributed by atoms with Crippen LogP contribution in [0.1, 0.15) is 29.9 Å². The molecule has 31 heavy (non-hydrogen) atoms. The molecular formula is C21H20F3N5O2. The van der Waals surface area contributed by atoms with Crippen molar-refractivity contribution in [1.29, 1.82) is 0 Å². The van der Waals surface area contributed by atoms with Crippen molar-refractivity contribution < 1.29 is 22.7 Å². The van der Waals surface area contributed by atoms with Crippen molar-refractivity contribution in [3.63, 3.8) is 0 Å². The summed E-state index contributed by atoms with van der Waals surface area (Å²) < 4.78 is 43.2. The van der Waals surface area contributed by atoms with Crippen LogP contribution in [0.2, 0.25) is 0 Å². The molecule has 7 nitrogen and oxygen atoms in total. The van der Waals surface area contributed by atoms with Gasteiger partial charge in [-0.1, -0.05) is 18.2 Å². The van der Waals surface area contributed by atoms with Gasteiger partial charge in [0.05, 0.1) is 24.0 Å². The molecule has 0 unspecified atom stereocenters. The van der Waals surface area contributed by atoms with Crippen LogP contribution in [0.3, 0.4) is 0 Å². The molecule has 3 aromatic rings. The van der Waals surface area contributed by atoms with E-state index in [2.05, 4.69) is 19.9 Å². The molecule has 0 N–H and O–H groups in total. The zero-order valence-corrected chi connectivity index (χ0v) is 16.9. The van der Waals surface area contributed by atoms with Gasteiger partial charge in [-0.2, -0.15) is 13.2 Å². The van der Waals surface area contributed by atoms with E-state index in [9.17, 15) is 18.0 Å².